The molecule has 3 rings (SSSR count). The standard InChI is InChI=1S/C18H14O4S/c1-2-21-18(20)16-15(14-9-6-10-23-14)13(11-19)22-17(16)12-7-4-3-5-8-12/h3-11H,2H2,1H3. The zero-order valence-electron chi connectivity index (χ0n) is 12.4. The van der Waals surface area contributed by atoms with Crippen LogP contribution in [-0.2, 0) is 4.74 Å². The van der Waals surface area contributed by atoms with Crippen molar-refractivity contribution in [3.63, 3.8) is 0 Å². The fourth-order valence-corrected chi connectivity index (χ4v) is 3.17. The number of thiophene rings is 1. The lowest BCUT2D eigenvalue weighted by Gasteiger charge is -2.05. The summed E-state index contributed by atoms with van der Waals surface area (Å²) in [6.07, 6.45) is 0.629. The fraction of sp³-hybridized carbons (Fsp3) is 0.111. The molecule has 2 heterocycles. The number of furan rings is 1. The average Bonchev–Trinajstić information content (AvgIpc) is 3.22. The summed E-state index contributed by atoms with van der Waals surface area (Å²) in [5, 5.41) is 1.88. The van der Waals surface area contributed by atoms with Gasteiger partial charge in [-0.25, -0.2) is 4.79 Å². The monoisotopic (exact) mass is 326 g/mol. The lowest BCUT2D eigenvalue weighted by atomic mass is 10.0. The highest BCUT2D eigenvalue weighted by molar-refractivity contribution is 7.13. The van der Waals surface area contributed by atoms with E-state index in [1.54, 1.807) is 6.92 Å². The van der Waals surface area contributed by atoms with E-state index in [2.05, 4.69) is 0 Å². The van der Waals surface area contributed by atoms with E-state index in [9.17, 15) is 9.59 Å². The highest BCUT2D eigenvalue weighted by atomic mass is 32.1. The van der Waals surface area contributed by atoms with Crippen LogP contribution in [0.25, 0.3) is 21.8 Å². The summed E-state index contributed by atoms with van der Waals surface area (Å²) in [5.41, 5.74) is 1.51. The number of benzene rings is 1. The molecule has 0 aliphatic heterocycles. The van der Waals surface area contributed by atoms with Gasteiger partial charge < -0.3 is 9.15 Å². The molecule has 0 unspecified atom stereocenters. The van der Waals surface area contributed by atoms with Crippen LogP contribution in [0.15, 0.2) is 52.3 Å². The van der Waals surface area contributed by atoms with E-state index in [0.717, 1.165) is 10.4 Å². The molecule has 3 aromatic rings. The smallest absolute Gasteiger partial charge is 0.342 e. The van der Waals surface area contributed by atoms with Crippen molar-refractivity contribution >= 4 is 23.6 Å². The maximum absolute atomic E-state index is 12.5. The number of carbonyl (C=O) groups is 2. The maximum atomic E-state index is 12.5. The first-order chi connectivity index (χ1) is 11.3. The van der Waals surface area contributed by atoms with Gasteiger partial charge in [0.2, 0.25) is 0 Å². The van der Waals surface area contributed by atoms with Gasteiger partial charge in [-0.3, -0.25) is 4.79 Å². The van der Waals surface area contributed by atoms with E-state index in [1.165, 1.54) is 11.3 Å². The number of hydrogen-bond donors (Lipinski definition) is 0. The lowest BCUT2D eigenvalue weighted by molar-refractivity contribution is 0.0527. The van der Waals surface area contributed by atoms with Crippen molar-refractivity contribution < 1.29 is 18.7 Å². The number of ether oxygens (including phenoxy) is 1. The Hall–Kier alpha value is -2.66. The maximum Gasteiger partial charge on any atom is 0.342 e. The molecule has 0 aliphatic rings. The quantitative estimate of drug-likeness (QED) is 0.505. The van der Waals surface area contributed by atoms with E-state index in [1.807, 2.05) is 47.8 Å². The molecule has 0 atom stereocenters. The average molecular weight is 326 g/mol. The third-order valence-electron chi connectivity index (χ3n) is 3.33. The van der Waals surface area contributed by atoms with Crippen molar-refractivity contribution in [2.45, 2.75) is 6.92 Å². The molecule has 4 nitrogen and oxygen atoms in total. The SMILES string of the molecule is CCOC(=O)c1c(-c2ccccc2)oc(C=O)c1-c1cccs1. The Labute approximate surface area is 137 Å². The van der Waals surface area contributed by atoms with Crippen LogP contribution < -0.4 is 0 Å². The van der Waals surface area contributed by atoms with Gasteiger partial charge in [0.05, 0.1) is 12.2 Å². The molecule has 116 valence electrons. The second-order valence-electron chi connectivity index (χ2n) is 4.73. The molecule has 0 amide bonds. The summed E-state index contributed by atoms with van der Waals surface area (Å²) in [7, 11) is 0. The molecular formula is C18H14O4S. The molecule has 0 spiro atoms. The van der Waals surface area contributed by atoms with Crippen LogP contribution in [0.4, 0.5) is 0 Å². The summed E-state index contributed by atoms with van der Waals surface area (Å²) < 4.78 is 10.9. The molecule has 1 aromatic carbocycles. The van der Waals surface area contributed by atoms with Crippen LogP contribution in [0.2, 0.25) is 0 Å². The van der Waals surface area contributed by atoms with Gasteiger partial charge in [-0.15, -0.1) is 11.3 Å². The van der Waals surface area contributed by atoms with Crippen LogP contribution in [-0.4, -0.2) is 18.9 Å². The van der Waals surface area contributed by atoms with Gasteiger partial charge in [0, 0.05) is 10.4 Å². The molecule has 0 radical (unpaired) electrons. The first-order valence-electron chi connectivity index (χ1n) is 7.14. The van der Waals surface area contributed by atoms with Crippen molar-refractivity contribution in [2.75, 3.05) is 6.61 Å². The Morgan fingerprint density at radius 2 is 2.00 bits per heavy atom. The first kappa shape index (κ1) is 15.2. The van der Waals surface area contributed by atoms with E-state index < -0.39 is 5.97 Å². The van der Waals surface area contributed by atoms with Crippen molar-refractivity contribution in [3.05, 3.63) is 59.2 Å². The predicted octanol–water partition coefficient (Wildman–Crippen LogP) is 4.66. The number of aldehydes is 1. The highest BCUT2D eigenvalue weighted by Crippen LogP contribution is 2.39. The van der Waals surface area contributed by atoms with Crippen LogP contribution in [0, 0.1) is 0 Å². The van der Waals surface area contributed by atoms with Crippen molar-refractivity contribution in [2.24, 2.45) is 0 Å². The number of esters is 1. The van der Waals surface area contributed by atoms with Crippen LogP contribution in [0.5, 0.6) is 0 Å². The van der Waals surface area contributed by atoms with Crippen LogP contribution >= 0.6 is 11.3 Å². The summed E-state index contributed by atoms with van der Waals surface area (Å²) in [6.45, 7) is 1.99. The molecule has 0 N–H and O–H groups in total. The molecule has 2 aromatic heterocycles. The number of rotatable bonds is 5. The van der Waals surface area contributed by atoms with Gasteiger partial charge in [0.15, 0.2) is 12.0 Å². The van der Waals surface area contributed by atoms with E-state index in [4.69, 9.17) is 9.15 Å². The highest BCUT2D eigenvalue weighted by Gasteiger charge is 2.28. The summed E-state index contributed by atoms with van der Waals surface area (Å²) in [6, 6.07) is 12.9. The predicted molar refractivity (Wildman–Crippen MR) is 88.8 cm³/mol. The van der Waals surface area contributed by atoms with Crippen LogP contribution in [0.1, 0.15) is 27.8 Å². The topological polar surface area (TPSA) is 56.5 Å². The Morgan fingerprint density at radius 3 is 2.61 bits per heavy atom. The van der Waals surface area contributed by atoms with Crippen LogP contribution in [0.3, 0.4) is 0 Å². The molecule has 0 bridgehead atoms. The minimum Gasteiger partial charge on any atom is -0.462 e. The molecule has 0 aliphatic carbocycles. The van der Waals surface area contributed by atoms with E-state index in [-0.39, 0.29) is 12.4 Å². The van der Waals surface area contributed by atoms with Gasteiger partial charge in [0.25, 0.3) is 0 Å². The number of hydrogen-bond acceptors (Lipinski definition) is 5. The minimum atomic E-state index is -0.494. The van der Waals surface area contributed by atoms with E-state index >= 15 is 0 Å². The lowest BCUT2D eigenvalue weighted by Crippen LogP contribution is -2.06. The summed E-state index contributed by atoms with van der Waals surface area (Å²) in [5.74, 6) is -0.00416. The molecule has 0 saturated carbocycles. The van der Waals surface area contributed by atoms with Crippen molar-refractivity contribution in [1.82, 2.24) is 0 Å². The molecule has 0 saturated heterocycles. The normalized spacial score (nSPS) is 10.5. The van der Waals surface area contributed by atoms with Gasteiger partial charge in [0.1, 0.15) is 11.3 Å². The second kappa shape index (κ2) is 6.62. The second-order valence-corrected chi connectivity index (χ2v) is 5.67. The molecule has 23 heavy (non-hydrogen) atoms. The van der Waals surface area contributed by atoms with Gasteiger partial charge in [-0.05, 0) is 18.4 Å². The molecular weight excluding hydrogens is 312 g/mol. The van der Waals surface area contributed by atoms with Crippen molar-refractivity contribution in [3.8, 4) is 21.8 Å². The molecule has 0 fully saturated rings. The van der Waals surface area contributed by atoms with Gasteiger partial charge in [-0.2, -0.15) is 0 Å². The van der Waals surface area contributed by atoms with Gasteiger partial charge >= 0.3 is 5.97 Å². The Kier molecular flexibility index (Phi) is 4.39. The summed E-state index contributed by atoms with van der Waals surface area (Å²) in [4.78, 5) is 24.7. The zero-order valence-corrected chi connectivity index (χ0v) is 13.3. The minimum absolute atomic E-state index is 0.134. The van der Waals surface area contributed by atoms with Crippen molar-refractivity contribution in [1.29, 1.82) is 0 Å². The largest absolute Gasteiger partial charge is 0.462 e. The Morgan fingerprint density at radius 1 is 1.22 bits per heavy atom. The summed E-state index contributed by atoms with van der Waals surface area (Å²) >= 11 is 1.44. The number of carbonyl (C=O) groups excluding carboxylic acids is 2. The first-order valence-corrected chi connectivity index (χ1v) is 8.02. The Balaban J connectivity index is 2.28. The van der Waals surface area contributed by atoms with E-state index in [0.29, 0.717) is 23.2 Å². The Bertz CT molecular complexity index is 816. The molecule has 5 heteroatoms. The third kappa shape index (κ3) is 2.83. The van der Waals surface area contributed by atoms with Gasteiger partial charge in [-0.1, -0.05) is 36.4 Å². The fourth-order valence-electron chi connectivity index (χ4n) is 2.39. The third-order valence-corrected chi connectivity index (χ3v) is 4.21. The zero-order chi connectivity index (χ0) is 16.2.